The number of rotatable bonds is 3. The highest BCUT2D eigenvalue weighted by molar-refractivity contribution is 6.26. The molecule has 1 aliphatic carbocycles. The van der Waals surface area contributed by atoms with Crippen molar-refractivity contribution >= 4 is 43.4 Å². The Bertz CT molecular complexity index is 3160. The Morgan fingerprint density at radius 1 is 0.444 bits per heavy atom. The van der Waals surface area contributed by atoms with E-state index in [1.165, 1.54) is 93.5 Å². The molecule has 1 aromatic heterocycles. The third-order valence-electron chi connectivity index (χ3n) is 12.0. The predicted molar refractivity (Wildman–Crippen MR) is 224 cm³/mol. The highest BCUT2D eigenvalue weighted by Crippen LogP contribution is 2.51. The van der Waals surface area contributed by atoms with Crippen LogP contribution in [0.25, 0.3) is 82.4 Å². The molecule has 252 valence electrons. The summed E-state index contributed by atoms with van der Waals surface area (Å²) in [5.74, 6) is 2.16. The van der Waals surface area contributed by atoms with Gasteiger partial charge in [0, 0.05) is 33.0 Å². The van der Waals surface area contributed by atoms with Crippen molar-refractivity contribution in [2.24, 2.45) is 0 Å². The van der Waals surface area contributed by atoms with Crippen LogP contribution in [0.3, 0.4) is 0 Å². The average Bonchev–Trinajstić information content (AvgIpc) is 3.57. The smallest absolute Gasteiger partial charge is 0.135 e. The second kappa shape index (κ2) is 11.3. The van der Waals surface area contributed by atoms with E-state index >= 15 is 0 Å². The molecule has 0 N–H and O–H groups in total. The zero-order chi connectivity index (χ0) is 35.3. The third kappa shape index (κ3) is 4.22. The first-order valence-corrected chi connectivity index (χ1v) is 18.9. The second-order valence-corrected chi connectivity index (χ2v) is 14.8. The maximum absolute atomic E-state index is 6.56. The number of ether oxygens (including phenoxy) is 1. The predicted octanol–water partition coefficient (Wildman–Crippen LogP) is 13.9. The van der Waals surface area contributed by atoms with E-state index in [9.17, 15) is 0 Å². The molecule has 1 unspecified atom stereocenters. The van der Waals surface area contributed by atoms with Crippen LogP contribution >= 0.6 is 0 Å². The maximum atomic E-state index is 6.56. The summed E-state index contributed by atoms with van der Waals surface area (Å²) in [6.45, 7) is 0. The van der Waals surface area contributed by atoms with Gasteiger partial charge in [-0.25, -0.2) is 0 Å². The Morgan fingerprint density at radius 2 is 1.17 bits per heavy atom. The summed E-state index contributed by atoms with van der Waals surface area (Å²) in [6.07, 6.45) is 0.996. The van der Waals surface area contributed by atoms with E-state index in [-0.39, 0.29) is 0 Å². The first kappa shape index (κ1) is 29.7. The van der Waals surface area contributed by atoms with Gasteiger partial charge in [-0.15, -0.1) is 0 Å². The van der Waals surface area contributed by atoms with Crippen molar-refractivity contribution in [3.05, 3.63) is 199 Å². The lowest BCUT2D eigenvalue weighted by Gasteiger charge is -2.29. The first-order chi connectivity index (χ1) is 26.8. The lowest BCUT2D eigenvalue weighted by Crippen LogP contribution is -2.12. The van der Waals surface area contributed by atoms with E-state index in [2.05, 4.69) is 187 Å². The highest BCUT2D eigenvalue weighted by Gasteiger charge is 2.28. The van der Waals surface area contributed by atoms with Crippen molar-refractivity contribution in [3.63, 3.8) is 0 Å². The molecule has 0 amide bonds. The summed E-state index contributed by atoms with van der Waals surface area (Å²) in [4.78, 5) is 0. The van der Waals surface area contributed by atoms with Crippen LogP contribution in [-0.2, 0) is 6.42 Å². The number of benzene rings is 9. The molecule has 1 aliphatic heterocycles. The van der Waals surface area contributed by atoms with Crippen molar-refractivity contribution < 1.29 is 4.74 Å². The third-order valence-corrected chi connectivity index (χ3v) is 12.0. The SMILES string of the molecule is c1ccc(C2Cc3ccc(-c4ccc5c(c4)c4c6cccc7c6c(cc4n5-c4cccc5ccccc45)-c4ccccc4O7)cc3-c3ccccc32)cc1. The van der Waals surface area contributed by atoms with Crippen molar-refractivity contribution in [1.82, 2.24) is 4.57 Å². The van der Waals surface area contributed by atoms with Gasteiger partial charge in [-0.05, 0) is 104 Å². The number of nitrogens with zero attached hydrogens (tertiary/aromatic N) is 1. The van der Waals surface area contributed by atoms with Gasteiger partial charge in [-0.2, -0.15) is 0 Å². The van der Waals surface area contributed by atoms with Crippen LogP contribution in [0.5, 0.6) is 11.5 Å². The van der Waals surface area contributed by atoms with E-state index in [1.807, 2.05) is 0 Å². The van der Waals surface area contributed by atoms with Crippen LogP contribution < -0.4 is 4.74 Å². The normalized spacial score (nSPS) is 14.2. The molecule has 0 spiro atoms. The lowest BCUT2D eigenvalue weighted by molar-refractivity contribution is 0.487. The second-order valence-electron chi connectivity index (χ2n) is 14.8. The van der Waals surface area contributed by atoms with Crippen LogP contribution in [0.1, 0.15) is 22.6 Å². The summed E-state index contributed by atoms with van der Waals surface area (Å²) < 4.78 is 9.05. The van der Waals surface area contributed by atoms with Crippen LogP contribution in [0.4, 0.5) is 0 Å². The molecule has 2 nitrogen and oxygen atoms in total. The molecule has 9 aromatic carbocycles. The van der Waals surface area contributed by atoms with Crippen molar-refractivity contribution in [3.8, 4) is 50.6 Å². The molecule has 2 heterocycles. The molecule has 0 bridgehead atoms. The van der Waals surface area contributed by atoms with Gasteiger partial charge in [0.1, 0.15) is 11.5 Å². The molecule has 1 atom stereocenters. The summed E-state index contributed by atoms with van der Waals surface area (Å²) in [5, 5.41) is 7.33. The lowest BCUT2D eigenvalue weighted by atomic mass is 9.75. The minimum absolute atomic E-state index is 0.350. The molecule has 0 radical (unpaired) electrons. The fourth-order valence-electron chi connectivity index (χ4n) is 9.54. The highest BCUT2D eigenvalue weighted by atomic mass is 16.5. The summed E-state index contributed by atoms with van der Waals surface area (Å²) in [7, 11) is 0. The zero-order valence-electron chi connectivity index (χ0n) is 29.5. The van der Waals surface area contributed by atoms with Gasteiger partial charge in [0.25, 0.3) is 0 Å². The summed E-state index contributed by atoms with van der Waals surface area (Å²) >= 11 is 0. The minimum Gasteiger partial charge on any atom is -0.456 e. The number of aromatic nitrogens is 1. The molecule has 12 rings (SSSR count). The molecule has 0 fully saturated rings. The van der Waals surface area contributed by atoms with E-state index in [1.54, 1.807) is 0 Å². The van der Waals surface area contributed by atoms with Gasteiger partial charge in [-0.3, -0.25) is 0 Å². The Hall–Kier alpha value is -6.90. The number of hydrogen-bond acceptors (Lipinski definition) is 1. The van der Waals surface area contributed by atoms with Crippen molar-refractivity contribution in [2.75, 3.05) is 0 Å². The minimum atomic E-state index is 0.350. The number of hydrogen-bond donors (Lipinski definition) is 0. The van der Waals surface area contributed by atoms with Crippen LogP contribution in [0.2, 0.25) is 0 Å². The van der Waals surface area contributed by atoms with Gasteiger partial charge in [0.2, 0.25) is 0 Å². The van der Waals surface area contributed by atoms with Crippen molar-refractivity contribution in [2.45, 2.75) is 12.3 Å². The maximum Gasteiger partial charge on any atom is 0.135 e. The topological polar surface area (TPSA) is 14.2 Å². The molecule has 54 heavy (non-hydrogen) atoms. The number of para-hydroxylation sites is 1. The zero-order valence-corrected chi connectivity index (χ0v) is 29.5. The molecule has 2 aliphatic rings. The fraction of sp³-hybridized carbons (Fsp3) is 0.0385. The Morgan fingerprint density at radius 3 is 2.11 bits per heavy atom. The van der Waals surface area contributed by atoms with Crippen LogP contribution in [-0.4, -0.2) is 4.57 Å². The van der Waals surface area contributed by atoms with Crippen LogP contribution in [0.15, 0.2) is 182 Å². The van der Waals surface area contributed by atoms with Crippen molar-refractivity contribution in [1.29, 1.82) is 0 Å². The molecule has 0 saturated carbocycles. The summed E-state index contributed by atoms with van der Waals surface area (Å²) in [6, 6.07) is 66.9. The first-order valence-electron chi connectivity index (χ1n) is 18.9. The quantitative estimate of drug-likeness (QED) is 0.180. The Labute approximate surface area is 313 Å². The fourth-order valence-corrected chi connectivity index (χ4v) is 9.54. The molecule has 0 saturated heterocycles. The van der Waals surface area contributed by atoms with Gasteiger partial charge >= 0.3 is 0 Å². The molecular weight excluding hydrogens is 655 g/mol. The standard InChI is InChI=1S/C52H33NO/c1-2-12-33(13-3-1)42-30-36-25-24-34(28-43(36)39-18-7-6-17-38(39)42)35-26-27-47-45(29-35)51-41-20-11-23-50-52(41)44(40-19-8-9-22-49(40)54-50)31-48(51)53(47)46-21-10-15-32-14-4-5-16-37(32)46/h1-29,31,42H,30H2. The van der Waals surface area contributed by atoms with Gasteiger partial charge in [-0.1, -0.05) is 140 Å². The molecule has 10 aromatic rings. The number of fused-ring (bicyclic) bond motifs is 10. The largest absolute Gasteiger partial charge is 0.456 e. The van der Waals surface area contributed by atoms with E-state index in [0.717, 1.165) is 23.5 Å². The van der Waals surface area contributed by atoms with Crippen LogP contribution in [0, 0.1) is 0 Å². The van der Waals surface area contributed by atoms with E-state index < -0.39 is 0 Å². The Kier molecular flexibility index (Phi) is 6.20. The van der Waals surface area contributed by atoms with Gasteiger partial charge < -0.3 is 9.30 Å². The van der Waals surface area contributed by atoms with E-state index in [4.69, 9.17) is 4.74 Å². The summed E-state index contributed by atoms with van der Waals surface area (Å²) in [5.41, 5.74) is 15.2. The Balaban J connectivity index is 1.12. The molecule has 2 heteroatoms. The van der Waals surface area contributed by atoms with Gasteiger partial charge in [0.05, 0.1) is 16.7 Å². The van der Waals surface area contributed by atoms with E-state index in [0.29, 0.717) is 5.92 Å². The average molecular weight is 688 g/mol. The molecular formula is C52H33NO. The monoisotopic (exact) mass is 687 g/mol. The van der Waals surface area contributed by atoms with Gasteiger partial charge in [0.15, 0.2) is 0 Å².